The largest absolute Gasteiger partial charge is 0.447 e. The van der Waals surface area contributed by atoms with Gasteiger partial charge in [0.05, 0.1) is 18.1 Å². The number of cyclic esters (lactones) is 1. The minimum Gasteiger partial charge on any atom is -0.447 e. The highest BCUT2D eigenvalue weighted by molar-refractivity contribution is 5.95. The van der Waals surface area contributed by atoms with Crippen molar-refractivity contribution < 1.29 is 19.4 Å². The summed E-state index contributed by atoms with van der Waals surface area (Å²) < 4.78 is 5.15. The van der Waals surface area contributed by atoms with Crippen LogP contribution >= 0.6 is 0 Å². The van der Waals surface area contributed by atoms with Crippen molar-refractivity contribution in [3.8, 4) is 0 Å². The van der Waals surface area contributed by atoms with Crippen LogP contribution in [0.5, 0.6) is 0 Å². The first-order valence-corrected chi connectivity index (χ1v) is 9.66. The van der Waals surface area contributed by atoms with Gasteiger partial charge in [0.25, 0.3) is 0 Å². The van der Waals surface area contributed by atoms with Gasteiger partial charge in [-0.2, -0.15) is 0 Å². The molecule has 2 amide bonds. The molecule has 1 aliphatic heterocycles. The molecule has 1 N–H and O–H groups in total. The fourth-order valence-electron chi connectivity index (χ4n) is 3.42. The number of aliphatic hydroxyl groups is 1. The van der Waals surface area contributed by atoms with Crippen molar-refractivity contribution in [2.24, 2.45) is 5.92 Å². The summed E-state index contributed by atoms with van der Waals surface area (Å²) in [4.78, 5) is 26.6. The Hall–Kier alpha value is -3.18. The van der Waals surface area contributed by atoms with E-state index in [1.54, 1.807) is 18.2 Å². The molecule has 5 heteroatoms. The number of nitrogens with zero attached hydrogens (tertiary/aromatic N) is 1. The first-order chi connectivity index (χ1) is 14.1. The Balaban J connectivity index is 1.76. The first-order valence-electron chi connectivity index (χ1n) is 9.66. The van der Waals surface area contributed by atoms with Crippen molar-refractivity contribution in [1.29, 1.82) is 0 Å². The van der Waals surface area contributed by atoms with Gasteiger partial charge in [-0.15, -0.1) is 6.58 Å². The normalized spacial score (nSPS) is 18.4. The van der Waals surface area contributed by atoms with Gasteiger partial charge in [0.15, 0.2) is 0 Å². The van der Waals surface area contributed by atoms with Gasteiger partial charge in [-0.1, -0.05) is 78.9 Å². The van der Waals surface area contributed by atoms with E-state index < -0.39 is 30.1 Å². The smallest absolute Gasteiger partial charge is 0.416 e. The average molecular weight is 391 g/mol. The molecule has 1 heterocycles. The summed E-state index contributed by atoms with van der Waals surface area (Å²) in [6.45, 7) is 3.84. The van der Waals surface area contributed by atoms with Crippen LogP contribution in [0.15, 0.2) is 79.4 Å². The monoisotopic (exact) mass is 391 g/mol. The van der Waals surface area contributed by atoms with Crippen molar-refractivity contribution in [3.63, 3.8) is 0 Å². The van der Waals surface area contributed by atoms with Crippen LogP contribution in [0.1, 0.15) is 17.5 Å². The predicted molar refractivity (Wildman–Crippen MR) is 112 cm³/mol. The lowest BCUT2D eigenvalue weighted by Crippen LogP contribution is -2.46. The van der Waals surface area contributed by atoms with E-state index in [1.807, 2.05) is 60.7 Å². The Bertz CT molecular complexity index is 863. The predicted octanol–water partition coefficient (Wildman–Crippen LogP) is 3.84. The number of hydrogen-bond donors (Lipinski definition) is 1. The summed E-state index contributed by atoms with van der Waals surface area (Å²) in [6.07, 6.45) is 3.97. The zero-order valence-corrected chi connectivity index (χ0v) is 16.2. The second kappa shape index (κ2) is 9.85. The number of allylic oxidation sites excluding steroid dienone is 1. The molecule has 1 aliphatic rings. The van der Waals surface area contributed by atoms with E-state index >= 15 is 0 Å². The lowest BCUT2D eigenvalue weighted by Gasteiger charge is -2.26. The molecule has 5 nitrogen and oxygen atoms in total. The van der Waals surface area contributed by atoms with Gasteiger partial charge in [0.1, 0.15) is 6.61 Å². The second-order valence-corrected chi connectivity index (χ2v) is 7.02. The van der Waals surface area contributed by atoms with Gasteiger partial charge in [0, 0.05) is 0 Å². The Labute approximate surface area is 170 Å². The van der Waals surface area contributed by atoms with E-state index in [4.69, 9.17) is 4.74 Å². The maximum Gasteiger partial charge on any atom is 0.416 e. The van der Waals surface area contributed by atoms with Gasteiger partial charge in [-0.3, -0.25) is 4.79 Å². The Morgan fingerprint density at radius 1 is 1.17 bits per heavy atom. The third-order valence-electron chi connectivity index (χ3n) is 4.95. The van der Waals surface area contributed by atoms with Gasteiger partial charge < -0.3 is 9.84 Å². The first kappa shape index (κ1) is 20.6. The topological polar surface area (TPSA) is 66.8 Å². The Morgan fingerprint density at radius 3 is 2.48 bits per heavy atom. The minimum atomic E-state index is -1.05. The van der Waals surface area contributed by atoms with E-state index in [0.717, 1.165) is 16.0 Å². The minimum absolute atomic E-state index is 0.149. The molecule has 150 valence electrons. The van der Waals surface area contributed by atoms with Crippen molar-refractivity contribution in [3.05, 3.63) is 90.5 Å². The lowest BCUT2D eigenvalue weighted by atomic mass is 9.94. The number of carbonyl (C=O) groups excluding carboxylic acids is 2. The molecule has 0 aliphatic carbocycles. The molecular formula is C24H25NO4. The van der Waals surface area contributed by atoms with Crippen molar-refractivity contribution in [1.82, 2.24) is 4.90 Å². The third-order valence-corrected chi connectivity index (χ3v) is 4.95. The molecule has 1 saturated heterocycles. The number of rotatable bonds is 8. The standard InChI is InChI=1S/C24H25NO4/c1-2-9-21(22(26)15-14-18-10-5-3-6-11-18)23(27)25-20(17-29-24(25)28)16-19-12-7-4-8-13-19/h2-8,10-15,20-22,26H,1,9,16-17H2/t20?,21-,22-/m0/s1. The maximum absolute atomic E-state index is 13.2. The molecule has 1 unspecified atom stereocenters. The van der Waals surface area contributed by atoms with E-state index in [-0.39, 0.29) is 13.0 Å². The van der Waals surface area contributed by atoms with Crippen LogP contribution < -0.4 is 0 Å². The quantitative estimate of drug-likeness (QED) is 0.694. The number of hydrogen-bond acceptors (Lipinski definition) is 4. The number of carbonyl (C=O) groups is 2. The van der Waals surface area contributed by atoms with E-state index in [2.05, 4.69) is 6.58 Å². The summed E-state index contributed by atoms with van der Waals surface area (Å²) in [7, 11) is 0. The Kier molecular flexibility index (Phi) is 6.98. The second-order valence-electron chi connectivity index (χ2n) is 7.02. The third kappa shape index (κ3) is 5.21. The summed E-state index contributed by atoms with van der Waals surface area (Å²) in [5.41, 5.74) is 1.93. The zero-order chi connectivity index (χ0) is 20.6. The Morgan fingerprint density at radius 2 is 1.83 bits per heavy atom. The van der Waals surface area contributed by atoms with E-state index in [1.165, 1.54) is 0 Å². The molecule has 0 radical (unpaired) electrons. The molecule has 0 aromatic heterocycles. The fraction of sp³-hybridized carbons (Fsp3) is 0.250. The number of amides is 2. The van der Waals surface area contributed by atoms with Crippen LogP contribution in [0.3, 0.4) is 0 Å². The van der Waals surface area contributed by atoms with Gasteiger partial charge in [-0.05, 0) is 24.0 Å². The lowest BCUT2D eigenvalue weighted by molar-refractivity contribution is -0.136. The van der Waals surface area contributed by atoms with Crippen LogP contribution in [0.2, 0.25) is 0 Å². The van der Waals surface area contributed by atoms with Gasteiger partial charge in [-0.25, -0.2) is 9.69 Å². The highest BCUT2D eigenvalue weighted by Crippen LogP contribution is 2.24. The van der Waals surface area contributed by atoms with Crippen molar-refractivity contribution in [2.45, 2.75) is 25.0 Å². The fourth-order valence-corrected chi connectivity index (χ4v) is 3.42. The van der Waals surface area contributed by atoms with E-state index in [0.29, 0.717) is 6.42 Å². The number of aliphatic hydroxyl groups excluding tert-OH is 1. The number of benzene rings is 2. The molecule has 1 fully saturated rings. The van der Waals surface area contributed by atoms with Gasteiger partial charge >= 0.3 is 6.09 Å². The van der Waals surface area contributed by atoms with Crippen molar-refractivity contribution in [2.75, 3.05) is 6.61 Å². The highest BCUT2D eigenvalue weighted by atomic mass is 16.6. The van der Waals surface area contributed by atoms with Gasteiger partial charge in [0.2, 0.25) is 5.91 Å². The highest BCUT2D eigenvalue weighted by Gasteiger charge is 2.41. The van der Waals surface area contributed by atoms with Crippen LogP contribution in [0, 0.1) is 5.92 Å². The molecule has 0 bridgehead atoms. The molecule has 3 rings (SSSR count). The van der Waals surface area contributed by atoms with E-state index in [9.17, 15) is 14.7 Å². The molecular weight excluding hydrogens is 366 g/mol. The van der Waals surface area contributed by atoms with Crippen LogP contribution in [-0.4, -0.2) is 40.8 Å². The summed E-state index contributed by atoms with van der Waals surface area (Å²) in [5, 5.41) is 10.7. The summed E-state index contributed by atoms with van der Waals surface area (Å²) >= 11 is 0. The summed E-state index contributed by atoms with van der Waals surface area (Å²) in [6, 6.07) is 18.8. The van der Waals surface area contributed by atoms with Crippen LogP contribution in [0.25, 0.3) is 6.08 Å². The summed E-state index contributed by atoms with van der Waals surface area (Å²) in [5.74, 6) is -1.25. The molecule has 3 atom stereocenters. The number of ether oxygens (including phenoxy) is 1. The van der Waals surface area contributed by atoms with Crippen molar-refractivity contribution >= 4 is 18.1 Å². The van der Waals surface area contributed by atoms with Crippen LogP contribution in [0.4, 0.5) is 4.79 Å². The molecule has 0 saturated carbocycles. The molecule has 2 aromatic carbocycles. The zero-order valence-electron chi connectivity index (χ0n) is 16.2. The average Bonchev–Trinajstić information content (AvgIpc) is 3.11. The molecule has 0 spiro atoms. The van der Waals surface area contributed by atoms with Crippen LogP contribution in [-0.2, 0) is 16.0 Å². The maximum atomic E-state index is 13.2. The molecule has 29 heavy (non-hydrogen) atoms. The number of imide groups is 1. The molecule has 2 aromatic rings. The SMILES string of the molecule is C=CC[C@H](C(=O)N1C(=O)OCC1Cc1ccccc1)[C@@H](O)C=Cc1ccccc1.